The second kappa shape index (κ2) is 8.34. The molecule has 0 fully saturated rings. The molecule has 0 heterocycles. The lowest BCUT2D eigenvalue weighted by Crippen LogP contribution is -1.86. The highest BCUT2D eigenvalue weighted by Crippen LogP contribution is 2.09. The fourth-order valence-corrected chi connectivity index (χ4v) is 1.36. The molecule has 0 aliphatic rings. The van der Waals surface area contributed by atoms with Gasteiger partial charge in [0.25, 0.3) is 0 Å². The zero-order valence-electron chi connectivity index (χ0n) is 9.84. The minimum atomic E-state index is 0.718. The minimum absolute atomic E-state index is 0.718. The van der Waals surface area contributed by atoms with Crippen molar-refractivity contribution >= 4 is 0 Å². The first-order valence-corrected chi connectivity index (χ1v) is 5.79. The molecule has 0 amide bonds. The quantitative estimate of drug-likeness (QED) is 0.392. The van der Waals surface area contributed by atoms with Crippen LogP contribution in [0.5, 0.6) is 0 Å². The molecule has 0 spiro atoms. The molecule has 0 aromatic carbocycles. The smallest absolute Gasteiger partial charge is 0.0290 e. The standard InChI is InChI=1S/C13H26/c1-12(2)10-8-6-5-7-9-11-13(3)4/h8,10,12-13H,5-7,9,11H2,1-4H3/b10-8-. The van der Waals surface area contributed by atoms with Gasteiger partial charge in [-0.2, -0.15) is 0 Å². The molecule has 0 atom stereocenters. The minimum Gasteiger partial charge on any atom is -0.0883 e. The van der Waals surface area contributed by atoms with E-state index in [0.29, 0.717) is 0 Å². The van der Waals surface area contributed by atoms with E-state index in [-0.39, 0.29) is 0 Å². The normalized spacial score (nSPS) is 12.2. The molecule has 78 valence electrons. The van der Waals surface area contributed by atoms with Crippen molar-refractivity contribution in [1.82, 2.24) is 0 Å². The molecule has 0 nitrogen and oxygen atoms in total. The van der Waals surface area contributed by atoms with Crippen molar-refractivity contribution in [1.29, 1.82) is 0 Å². The van der Waals surface area contributed by atoms with Gasteiger partial charge in [-0.3, -0.25) is 0 Å². The van der Waals surface area contributed by atoms with Crippen LogP contribution in [0.15, 0.2) is 12.2 Å². The Hall–Kier alpha value is -0.260. The zero-order chi connectivity index (χ0) is 10.1. The summed E-state index contributed by atoms with van der Waals surface area (Å²) in [5.41, 5.74) is 0. The molecular weight excluding hydrogens is 156 g/mol. The average molecular weight is 182 g/mol. The van der Waals surface area contributed by atoms with Crippen molar-refractivity contribution < 1.29 is 0 Å². The van der Waals surface area contributed by atoms with Gasteiger partial charge in [0.15, 0.2) is 0 Å². The molecule has 0 aliphatic heterocycles. The molecule has 0 aliphatic carbocycles. The van der Waals surface area contributed by atoms with Crippen LogP contribution in [-0.4, -0.2) is 0 Å². The van der Waals surface area contributed by atoms with E-state index in [1.54, 1.807) is 0 Å². The van der Waals surface area contributed by atoms with Gasteiger partial charge in [-0.25, -0.2) is 0 Å². The van der Waals surface area contributed by atoms with Gasteiger partial charge in [0.05, 0.1) is 0 Å². The van der Waals surface area contributed by atoms with Gasteiger partial charge in [0.1, 0.15) is 0 Å². The van der Waals surface area contributed by atoms with E-state index in [1.807, 2.05) is 0 Å². The van der Waals surface area contributed by atoms with E-state index in [2.05, 4.69) is 39.8 Å². The molecule has 0 aromatic rings. The lowest BCUT2D eigenvalue weighted by atomic mass is 10.0. The molecule has 0 N–H and O–H groups in total. The van der Waals surface area contributed by atoms with Crippen LogP contribution in [-0.2, 0) is 0 Å². The SMILES string of the molecule is CC(C)/C=C\CCCCCC(C)C. The molecule has 0 radical (unpaired) electrons. The monoisotopic (exact) mass is 182 g/mol. The highest BCUT2D eigenvalue weighted by Gasteiger charge is 1.93. The van der Waals surface area contributed by atoms with Crippen LogP contribution in [0.25, 0.3) is 0 Å². The maximum Gasteiger partial charge on any atom is -0.0290 e. The molecule has 0 heteroatoms. The van der Waals surface area contributed by atoms with Gasteiger partial charge in [-0.05, 0) is 24.7 Å². The first-order chi connectivity index (χ1) is 6.13. The second-order valence-corrected chi connectivity index (χ2v) is 4.70. The number of allylic oxidation sites excluding steroid dienone is 2. The Bertz CT molecular complexity index is 120. The Morgan fingerprint density at radius 2 is 1.62 bits per heavy atom. The fourth-order valence-electron chi connectivity index (χ4n) is 1.36. The first-order valence-electron chi connectivity index (χ1n) is 5.79. The third-order valence-electron chi connectivity index (χ3n) is 2.17. The number of unbranched alkanes of at least 4 members (excludes halogenated alkanes) is 3. The summed E-state index contributed by atoms with van der Waals surface area (Å²) in [7, 11) is 0. The third-order valence-corrected chi connectivity index (χ3v) is 2.17. The Morgan fingerprint density at radius 3 is 2.15 bits per heavy atom. The van der Waals surface area contributed by atoms with Gasteiger partial charge in [0.2, 0.25) is 0 Å². The third kappa shape index (κ3) is 11.7. The molecule has 0 aromatic heterocycles. The Kier molecular flexibility index (Phi) is 8.18. The Balaban J connectivity index is 3.08. The highest BCUT2D eigenvalue weighted by molar-refractivity contribution is 4.83. The van der Waals surface area contributed by atoms with E-state index >= 15 is 0 Å². The lowest BCUT2D eigenvalue weighted by molar-refractivity contribution is 0.528. The predicted octanol–water partition coefficient (Wildman–Crippen LogP) is 4.81. The highest BCUT2D eigenvalue weighted by atomic mass is 14.0. The summed E-state index contributed by atoms with van der Waals surface area (Å²) in [6.07, 6.45) is 11.5. The van der Waals surface area contributed by atoms with Gasteiger partial charge < -0.3 is 0 Å². The molecule has 0 saturated carbocycles. The summed E-state index contributed by atoms with van der Waals surface area (Å²) in [6, 6.07) is 0. The van der Waals surface area contributed by atoms with Crippen LogP contribution in [0.3, 0.4) is 0 Å². The van der Waals surface area contributed by atoms with E-state index in [9.17, 15) is 0 Å². The van der Waals surface area contributed by atoms with E-state index < -0.39 is 0 Å². The van der Waals surface area contributed by atoms with Crippen LogP contribution < -0.4 is 0 Å². The summed E-state index contributed by atoms with van der Waals surface area (Å²) in [4.78, 5) is 0. The van der Waals surface area contributed by atoms with Gasteiger partial charge in [-0.1, -0.05) is 59.1 Å². The van der Waals surface area contributed by atoms with Crippen molar-refractivity contribution in [3.05, 3.63) is 12.2 Å². The summed E-state index contributed by atoms with van der Waals surface area (Å²) < 4.78 is 0. The zero-order valence-corrected chi connectivity index (χ0v) is 9.84. The van der Waals surface area contributed by atoms with Crippen LogP contribution in [0.1, 0.15) is 59.8 Å². The van der Waals surface area contributed by atoms with Crippen molar-refractivity contribution in [2.24, 2.45) is 11.8 Å². The lowest BCUT2D eigenvalue weighted by Gasteiger charge is -2.02. The molecule has 0 bridgehead atoms. The van der Waals surface area contributed by atoms with Crippen LogP contribution in [0, 0.1) is 11.8 Å². The van der Waals surface area contributed by atoms with Crippen LogP contribution in [0.2, 0.25) is 0 Å². The van der Waals surface area contributed by atoms with Crippen molar-refractivity contribution in [3.63, 3.8) is 0 Å². The number of hydrogen-bond donors (Lipinski definition) is 0. The molecule has 13 heavy (non-hydrogen) atoms. The van der Waals surface area contributed by atoms with Crippen molar-refractivity contribution in [2.75, 3.05) is 0 Å². The topological polar surface area (TPSA) is 0 Å². The van der Waals surface area contributed by atoms with Crippen LogP contribution in [0.4, 0.5) is 0 Å². The maximum atomic E-state index is 2.33. The first kappa shape index (κ1) is 12.7. The largest absolute Gasteiger partial charge is 0.0883 e. The Morgan fingerprint density at radius 1 is 0.923 bits per heavy atom. The van der Waals surface area contributed by atoms with Crippen molar-refractivity contribution in [2.45, 2.75) is 59.8 Å². The molecule has 0 saturated heterocycles. The van der Waals surface area contributed by atoms with E-state index in [4.69, 9.17) is 0 Å². The Labute approximate surface area is 84.4 Å². The van der Waals surface area contributed by atoms with E-state index in [1.165, 1.54) is 32.1 Å². The van der Waals surface area contributed by atoms with Gasteiger partial charge >= 0.3 is 0 Å². The van der Waals surface area contributed by atoms with Crippen molar-refractivity contribution in [3.8, 4) is 0 Å². The molecular formula is C13H26. The molecule has 0 unspecified atom stereocenters. The van der Waals surface area contributed by atoms with Gasteiger partial charge in [-0.15, -0.1) is 0 Å². The van der Waals surface area contributed by atoms with Gasteiger partial charge in [0, 0.05) is 0 Å². The number of hydrogen-bond acceptors (Lipinski definition) is 0. The summed E-state index contributed by atoms with van der Waals surface area (Å²) in [6.45, 7) is 9.07. The second-order valence-electron chi connectivity index (χ2n) is 4.70. The predicted molar refractivity (Wildman–Crippen MR) is 61.9 cm³/mol. The summed E-state index contributed by atoms with van der Waals surface area (Å²) >= 11 is 0. The maximum absolute atomic E-state index is 2.33. The summed E-state index contributed by atoms with van der Waals surface area (Å²) in [5.74, 6) is 1.60. The summed E-state index contributed by atoms with van der Waals surface area (Å²) in [5, 5.41) is 0. The fraction of sp³-hybridized carbons (Fsp3) is 0.846. The molecule has 0 rings (SSSR count). The van der Waals surface area contributed by atoms with E-state index in [0.717, 1.165) is 11.8 Å². The van der Waals surface area contributed by atoms with Crippen LogP contribution >= 0.6 is 0 Å². The average Bonchev–Trinajstić information content (AvgIpc) is 2.01. The number of rotatable bonds is 7.